The molecule has 0 bridgehead atoms. The minimum absolute atomic E-state index is 0.223. The second-order valence-electron chi connectivity index (χ2n) is 8.52. The Bertz CT molecular complexity index is 916. The Morgan fingerprint density at radius 3 is 2.66 bits per heavy atom. The zero-order valence-corrected chi connectivity index (χ0v) is 19.5. The van der Waals surface area contributed by atoms with Crippen molar-refractivity contribution >= 4 is 34.9 Å². The number of urea groups is 2. The summed E-state index contributed by atoms with van der Waals surface area (Å²) in [5.74, 6) is -1.92. The van der Waals surface area contributed by atoms with Gasteiger partial charge in [-0.15, -0.1) is 0 Å². The van der Waals surface area contributed by atoms with E-state index in [1.54, 1.807) is 20.2 Å². The van der Waals surface area contributed by atoms with Crippen LogP contribution in [0.1, 0.15) is 27.2 Å². The molecule has 1 heterocycles. The zero-order valence-electron chi connectivity index (χ0n) is 18.6. The lowest BCUT2D eigenvalue weighted by Gasteiger charge is -2.32. The topological polar surface area (TPSA) is 113 Å². The fourth-order valence-corrected chi connectivity index (χ4v) is 3.29. The molecule has 11 heteroatoms. The Morgan fingerprint density at radius 1 is 1.28 bits per heavy atom. The number of amides is 4. The maximum atomic E-state index is 15.6. The molecule has 0 saturated heterocycles. The summed E-state index contributed by atoms with van der Waals surface area (Å²) in [6.07, 6.45) is 6.06. The van der Waals surface area contributed by atoms with E-state index in [9.17, 15) is 14.4 Å². The summed E-state index contributed by atoms with van der Waals surface area (Å²) >= 11 is 0.611. The van der Waals surface area contributed by atoms with Crippen LogP contribution >= 0.6 is 11.9 Å². The lowest BCUT2D eigenvalue weighted by molar-refractivity contribution is -0.112. The Balaban J connectivity index is 2.02. The van der Waals surface area contributed by atoms with Gasteiger partial charge in [0.25, 0.3) is 0 Å². The van der Waals surface area contributed by atoms with Gasteiger partial charge in [-0.2, -0.15) is 0 Å². The first-order chi connectivity index (χ1) is 14.9. The van der Waals surface area contributed by atoms with E-state index in [4.69, 9.17) is 4.74 Å². The number of hydrogen-bond acceptors (Lipinski definition) is 6. The van der Waals surface area contributed by atoms with Gasteiger partial charge in [0.15, 0.2) is 6.10 Å². The lowest BCUT2D eigenvalue weighted by atomic mass is 9.93. The fraction of sp³-hybridized carbons (Fsp3) is 0.429. The van der Waals surface area contributed by atoms with Crippen LogP contribution in [-0.4, -0.2) is 53.1 Å². The van der Waals surface area contributed by atoms with Crippen LogP contribution in [0.2, 0.25) is 0 Å². The summed E-state index contributed by atoms with van der Waals surface area (Å²) in [5.41, 5.74) is -0.227. The van der Waals surface area contributed by atoms with Crippen molar-refractivity contribution in [3.8, 4) is 5.75 Å². The molecule has 2 rings (SSSR count). The van der Waals surface area contributed by atoms with E-state index >= 15 is 4.39 Å². The Hall–Kier alpha value is -3.08. The van der Waals surface area contributed by atoms with Gasteiger partial charge < -0.3 is 9.64 Å². The van der Waals surface area contributed by atoms with Crippen molar-refractivity contribution in [2.45, 2.75) is 39.1 Å². The Kier molecular flexibility index (Phi) is 8.25. The molecular weight excluding hydrogens is 437 g/mol. The minimum atomic E-state index is -2.37. The third-order valence-corrected chi connectivity index (χ3v) is 4.68. The molecular formula is C21H28FN5O4S. The molecule has 1 aromatic heterocycles. The van der Waals surface area contributed by atoms with E-state index in [1.807, 2.05) is 20.8 Å². The molecule has 2 unspecified atom stereocenters. The third-order valence-electron chi connectivity index (χ3n) is 4.02. The van der Waals surface area contributed by atoms with Crippen molar-refractivity contribution in [3.63, 3.8) is 0 Å². The SMILES string of the molecule is CN(C)C(=O)Nc1cc(OC2C=CC=CC2(F)NC(=O)NSC(=O)CC(C)(C)C)ccn1. The van der Waals surface area contributed by atoms with Crippen molar-refractivity contribution < 1.29 is 23.5 Å². The van der Waals surface area contributed by atoms with E-state index in [0.717, 1.165) is 6.08 Å². The number of halogens is 1. The molecule has 1 aromatic rings. The number of nitrogens with one attached hydrogen (secondary N) is 3. The minimum Gasteiger partial charge on any atom is -0.480 e. The molecule has 2 atom stereocenters. The van der Waals surface area contributed by atoms with E-state index in [1.165, 1.54) is 35.4 Å². The Labute approximate surface area is 191 Å². The van der Waals surface area contributed by atoms with Gasteiger partial charge >= 0.3 is 12.1 Å². The predicted molar refractivity (Wildman–Crippen MR) is 122 cm³/mol. The van der Waals surface area contributed by atoms with Gasteiger partial charge in [0.1, 0.15) is 11.6 Å². The van der Waals surface area contributed by atoms with Gasteiger partial charge in [-0.1, -0.05) is 32.9 Å². The molecule has 0 saturated carbocycles. The van der Waals surface area contributed by atoms with Gasteiger partial charge in [0.2, 0.25) is 10.9 Å². The highest BCUT2D eigenvalue weighted by Crippen LogP contribution is 2.27. The average Bonchev–Trinajstić information content (AvgIpc) is 2.67. The normalized spacial score (nSPS) is 19.8. The summed E-state index contributed by atoms with van der Waals surface area (Å²) < 4.78 is 23.6. The monoisotopic (exact) mass is 465 g/mol. The number of anilines is 1. The quantitative estimate of drug-likeness (QED) is 0.452. The standard InChI is InChI=1S/C21H28FN5O4S/c1-20(2,3)13-17(28)32-26-18(29)25-21(22)10-7-6-8-15(21)31-14-9-11-23-16(12-14)24-19(30)27(4)5/h6-12,15H,13H2,1-5H3,(H,23,24,30)(H2,25,26,29). The largest absolute Gasteiger partial charge is 0.480 e. The van der Waals surface area contributed by atoms with Crippen LogP contribution in [0.4, 0.5) is 19.8 Å². The third kappa shape index (κ3) is 7.88. The van der Waals surface area contributed by atoms with Crippen molar-refractivity contribution in [1.29, 1.82) is 0 Å². The van der Waals surface area contributed by atoms with Crippen molar-refractivity contribution in [2.24, 2.45) is 5.41 Å². The van der Waals surface area contributed by atoms with Crippen molar-refractivity contribution in [3.05, 3.63) is 42.6 Å². The van der Waals surface area contributed by atoms with Crippen LogP contribution in [0.3, 0.4) is 0 Å². The average molecular weight is 466 g/mol. The number of hydrogen-bond donors (Lipinski definition) is 3. The van der Waals surface area contributed by atoms with Gasteiger partial charge in [0.05, 0.1) is 0 Å². The second kappa shape index (κ2) is 10.5. The second-order valence-corrected chi connectivity index (χ2v) is 9.38. The predicted octanol–water partition coefficient (Wildman–Crippen LogP) is 3.62. The molecule has 0 fully saturated rings. The van der Waals surface area contributed by atoms with Gasteiger partial charge in [-0.3, -0.25) is 20.2 Å². The molecule has 0 aromatic carbocycles. The van der Waals surface area contributed by atoms with Crippen LogP contribution in [0, 0.1) is 5.41 Å². The van der Waals surface area contributed by atoms with Crippen LogP contribution in [0.15, 0.2) is 42.6 Å². The maximum Gasteiger partial charge on any atom is 0.327 e. The summed E-state index contributed by atoms with van der Waals surface area (Å²) in [7, 11) is 3.16. The first-order valence-corrected chi connectivity index (χ1v) is 10.6. The molecule has 3 N–H and O–H groups in total. The molecule has 0 aliphatic heterocycles. The Morgan fingerprint density at radius 2 is 2.00 bits per heavy atom. The van der Waals surface area contributed by atoms with Crippen LogP contribution in [-0.2, 0) is 4.79 Å². The molecule has 1 aliphatic carbocycles. The van der Waals surface area contributed by atoms with Gasteiger partial charge in [0, 0.05) is 44.7 Å². The summed E-state index contributed by atoms with van der Waals surface area (Å²) in [4.78, 5) is 41.3. The molecule has 0 radical (unpaired) electrons. The zero-order chi connectivity index (χ0) is 23.9. The van der Waals surface area contributed by atoms with Crippen molar-refractivity contribution in [1.82, 2.24) is 19.9 Å². The lowest BCUT2D eigenvalue weighted by Crippen LogP contribution is -2.56. The number of ether oxygens (including phenoxy) is 1. The van der Waals surface area contributed by atoms with E-state index < -0.39 is 17.9 Å². The summed E-state index contributed by atoms with van der Waals surface area (Å²) in [6.45, 7) is 5.71. The molecule has 9 nitrogen and oxygen atoms in total. The number of carbonyl (C=O) groups is 3. The van der Waals surface area contributed by atoms with E-state index in [0.29, 0.717) is 11.9 Å². The van der Waals surface area contributed by atoms with Gasteiger partial charge in [-0.25, -0.2) is 19.0 Å². The number of carbonyl (C=O) groups excluding carboxylic acids is 3. The number of pyridine rings is 1. The molecule has 174 valence electrons. The highest BCUT2D eigenvalue weighted by Gasteiger charge is 2.40. The van der Waals surface area contributed by atoms with Crippen LogP contribution in [0.25, 0.3) is 0 Å². The fourth-order valence-electron chi connectivity index (χ4n) is 2.53. The smallest absolute Gasteiger partial charge is 0.327 e. The van der Waals surface area contributed by atoms with E-state index in [2.05, 4.69) is 20.3 Å². The van der Waals surface area contributed by atoms with Crippen LogP contribution in [0.5, 0.6) is 5.75 Å². The number of aromatic nitrogens is 1. The summed E-state index contributed by atoms with van der Waals surface area (Å²) in [5, 5.41) is 4.53. The molecule has 32 heavy (non-hydrogen) atoms. The number of nitrogens with zero attached hydrogens (tertiary/aromatic N) is 2. The highest BCUT2D eigenvalue weighted by molar-refractivity contribution is 8.12. The maximum absolute atomic E-state index is 15.6. The first-order valence-electron chi connectivity index (χ1n) is 9.82. The van der Waals surface area contributed by atoms with Crippen LogP contribution < -0.4 is 20.1 Å². The molecule has 0 spiro atoms. The number of alkyl halides is 1. The highest BCUT2D eigenvalue weighted by atomic mass is 32.2. The van der Waals surface area contributed by atoms with E-state index in [-0.39, 0.29) is 34.5 Å². The number of rotatable bonds is 5. The first kappa shape index (κ1) is 25.2. The molecule has 1 aliphatic rings. The van der Waals surface area contributed by atoms with Crippen molar-refractivity contribution in [2.75, 3.05) is 19.4 Å². The van der Waals surface area contributed by atoms with Gasteiger partial charge in [-0.05, 0) is 23.6 Å². The summed E-state index contributed by atoms with van der Waals surface area (Å²) in [6, 6.07) is 1.68. The number of allylic oxidation sites excluding steroid dienone is 2. The molecule has 4 amide bonds.